The molecule has 0 spiro atoms. The number of carbonyl (C=O) groups is 2. The summed E-state index contributed by atoms with van der Waals surface area (Å²) in [5, 5.41) is 8.71. The Morgan fingerprint density at radius 3 is 2.55 bits per heavy atom. The van der Waals surface area contributed by atoms with Gasteiger partial charge in [-0.2, -0.15) is 0 Å². The van der Waals surface area contributed by atoms with Gasteiger partial charge in [-0.05, 0) is 38.0 Å². The Balaban J connectivity index is 2.55. The summed E-state index contributed by atoms with van der Waals surface area (Å²) in [6.45, 7) is 4.03. The number of anilines is 1. The van der Waals surface area contributed by atoms with Gasteiger partial charge in [0.05, 0.1) is 6.42 Å². The third-order valence-electron chi connectivity index (χ3n) is 3.09. The lowest BCUT2D eigenvalue weighted by molar-refractivity contribution is -0.139. The minimum atomic E-state index is -0.890. The Morgan fingerprint density at radius 1 is 1.30 bits per heavy atom. The predicted molar refractivity (Wildman–Crippen MR) is 78.3 cm³/mol. The fraction of sp³-hybridized carbons (Fsp3) is 0.467. The normalized spacial score (nSPS) is 10.6. The van der Waals surface area contributed by atoms with Crippen LogP contribution in [0.3, 0.4) is 0 Å². The van der Waals surface area contributed by atoms with Gasteiger partial charge in [-0.25, -0.2) is 0 Å². The monoisotopic (exact) mass is 278 g/mol. The zero-order chi connectivity index (χ0) is 15.1. The molecule has 0 unspecified atom stereocenters. The summed E-state index contributed by atoms with van der Waals surface area (Å²) < 4.78 is 0. The van der Waals surface area contributed by atoms with Gasteiger partial charge in [0.2, 0.25) is 5.91 Å². The van der Waals surface area contributed by atoms with Gasteiger partial charge in [0, 0.05) is 24.7 Å². The lowest BCUT2D eigenvalue weighted by Gasteiger charge is -2.26. The van der Waals surface area contributed by atoms with E-state index in [1.165, 1.54) is 0 Å². The number of carbonyl (C=O) groups excluding carboxylic acids is 1. The predicted octanol–water partition coefficient (Wildman–Crippen LogP) is 1.91. The van der Waals surface area contributed by atoms with Crippen molar-refractivity contribution in [3.05, 3.63) is 29.8 Å². The minimum Gasteiger partial charge on any atom is -0.481 e. The van der Waals surface area contributed by atoms with Gasteiger partial charge >= 0.3 is 5.97 Å². The number of nitrogens with two attached hydrogens (primary N) is 1. The van der Waals surface area contributed by atoms with E-state index < -0.39 is 5.97 Å². The second-order valence-electron chi connectivity index (χ2n) is 5.07. The zero-order valence-corrected chi connectivity index (χ0v) is 12.0. The molecule has 0 aliphatic heterocycles. The van der Waals surface area contributed by atoms with E-state index in [-0.39, 0.29) is 24.9 Å². The summed E-state index contributed by atoms with van der Waals surface area (Å²) in [5.41, 5.74) is 7.39. The van der Waals surface area contributed by atoms with Crippen LogP contribution in [-0.2, 0) is 16.0 Å². The number of hydrogen-bond acceptors (Lipinski definition) is 3. The highest BCUT2D eigenvalue weighted by molar-refractivity contribution is 5.77. The van der Waals surface area contributed by atoms with Crippen LogP contribution < -0.4 is 5.73 Å². The number of carboxylic acids is 1. The van der Waals surface area contributed by atoms with Gasteiger partial charge in [0.25, 0.3) is 0 Å². The number of hydrogen-bond donors (Lipinski definition) is 2. The molecule has 1 amide bonds. The highest BCUT2D eigenvalue weighted by atomic mass is 16.4. The van der Waals surface area contributed by atoms with E-state index in [0.717, 1.165) is 5.56 Å². The Bertz CT molecular complexity index is 472. The molecule has 0 saturated heterocycles. The molecule has 110 valence electrons. The zero-order valence-electron chi connectivity index (χ0n) is 12.0. The summed E-state index contributed by atoms with van der Waals surface area (Å²) >= 11 is 0. The van der Waals surface area contributed by atoms with Crippen LogP contribution in [0.4, 0.5) is 5.69 Å². The Kier molecular flexibility index (Phi) is 6.03. The van der Waals surface area contributed by atoms with Gasteiger partial charge in [0.15, 0.2) is 0 Å². The van der Waals surface area contributed by atoms with Crippen LogP contribution in [0.2, 0.25) is 0 Å². The van der Waals surface area contributed by atoms with Crippen LogP contribution in [0.15, 0.2) is 24.3 Å². The number of benzene rings is 1. The quantitative estimate of drug-likeness (QED) is 0.746. The molecule has 20 heavy (non-hydrogen) atoms. The number of amides is 1. The second-order valence-corrected chi connectivity index (χ2v) is 5.07. The molecular formula is C15H22N2O3. The number of nitrogen functional groups attached to an aromatic ring is 1. The smallest absolute Gasteiger partial charge is 0.305 e. The molecule has 1 aromatic rings. The topological polar surface area (TPSA) is 83.6 Å². The van der Waals surface area contributed by atoms with Crippen molar-refractivity contribution in [3.63, 3.8) is 0 Å². The Labute approximate surface area is 119 Å². The van der Waals surface area contributed by atoms with Crippen molar-refractivity contribution in [2.24, 2.45) is 0 Å². The van der Waals surface area contributed by atoms with Gasteiger partial charge in [0.1, 0.15) is 0 Å². The highest BCUT2D eigenvalue weighted by Gasteiger charge is 2.17. The molecule has 1 aromatic carbocycles. The summed E-state index contributed by atoms with van der Waals surface area (Å²) in [4.78, 5) is 24.4. The first-order chi connectivity index (χ1) is 9.40. The maximum absolute atomic E-state index is 12.2. The molecule has 0 heterocycles. The number of rotatable bonds is 7. The summed E-state index contributed by atoms with van der Waals surface area (Å²) in [7, 11) is 0. The highest BCUT2D eigenvalue weighted by Crippen LogP contribution is 2.11. The van der Waals surface area contributed by atoms with E-state index in [2.05, 4.69) is 0 Å². The third-order valence-corrected chi connectivity index (χ3v) is 3.09. The number of aliphatic carboxylic acids is 1. The van der Waals surface area contributed by atoms with Gasteiger partial charge in [-0.1, -0.05) is 12.1 Å². The number of aryl methyl sites for hydroxylation is 1. The maximum Gasteiger partial charge on any atom is 0.305 e. The van der Waals surface area contributed by atoms with Gasteiger partial charge in [-0.3, -0.25) is 9.59 Å². The second kappa shape index (κ2) is 7.53. The van der Waals surface area contributed by atoms with E-state index in [0.29, 0.717) is 18.5 Å². The van der Waals surface area contributed by atoms with Crippen molar-refractivity contribution in [2.75, 3.05) is 12.3 Å². The van der Waals surface area contributed by atoms with E-state index in [9.17, 15) is 9.59 Å². The van der Waals surface area contributed by atoms with Crippen LogP contribution in [0.1, 0.15) is 32.3 Å². The van der Waals surface area contributed by atoms with Crippen LogP contribution in [-0.4, -0.2) is 34.5 Å². The number of nitrogens with zero attached hydrogens (tertiary/aromatic N) is 1. The molecule has 1 rings (SSSR count). The lowest BCUT2D eigenvalue weighted by Crippen LogP contribution is -2.38. The summed E-state index contributed by atoms with van der Waals surface area (Å²) in [5.74, 6) is -0.914. The standard InChI is InChI=1S/C15H22N2O3/c1-11(2)17(9-8-15(19)20)14(18)7-6-12-4-3-5-13(16)10-12/h3-5,10-11H,6-9,16H2,1-2H3,(H,19,20). The average molecular weight is 278 g/mol. The summed E-state index contributed by atoms with van der Waals surface area (Å²) in [6, 6.07) is 7.45. The largest absolute Gasteiger partial charge is 0.481 e. The molecule has 0 atom stereocenters. The van der Waals surface area contributed by atoms with Crippen molar-refractivity contribution >= 4 is 17.6 Å². The molecule has 0 saturated carbocycles. The molecule has 5 heteroatoms. The van der Waals surface area contributed by atoms with Crippen LogP contribution in [0.25, 0.3) is 0 Å². The lowest BCUT2D eigenvalue weighted by atomic mass is 10.1. The SMILES string of the molecule is CC(C)N(CCC(=O)O)C(=O)CCc1cccc(N)c1. The van der Waals surface area contributed by atoms with E-state index >= 15 is 0 Å². The van der Waals surface area contributed by atoms with Crippen molar-refractivity contribution < 1.29 is 14.7 Å². The fourth-order valence-corrected chi connectivity index (χ4v) is 2.03. The van der Waals surface area contributed by atoms with Crippen molar-refractivity contribution in [3.8, 4) is 0 Å². The molecular weight excluding hydrogens is 256 g/mol. The molecule has 0 aliphatic rings. The third kappa shape index (κ3) is 5.30. The maximum atomic E-state index is 12.2. The van der Waals surface area contributed by atoms with E-state index in [1.807, 2.05) is 32.0 Å². The Morgan fingerprint density at radius 2 is 2.00 bits per heavy atom. The van der Waals surface area contributed by atoms with Crippen LogP contribution >= 0.6 is 0 Å². The first-order valence-corrected chi connectivity index (χ1v) is 6.76. The fourth-order valence-electron chi connectivity index (χ4n) is 2.03. The van der Waals surface area contributed by atoms with Gasteiger partial charge < -0.3 is 15.7 Å². The van der Waals surface area contributed by atoms with Crippen LogP contribution in [0.5, 0.6) is 0 Å². The molecule has 5 nitrogen and oxygen atoms in total. The first-order valence-electron chi connectivity index (χ1n) is 6.76. The molecule has 0 bridgehead atoms. The van der Waals surface area contributed by atoms with Crippen LogP contribution in [0, 0.1) is 0 Å². The molecule has 3 N–H and O–H groups in total. The van der Waals surface area contributed by atoms with Gasteiger partial charge in [-0.15, -0.1) is 0 Å². The summed E-state index contributed by atoms with van der Waals surface area (Å²) in [6.07, 6.45) is 0.948. The van der Waals surface area contributed by atoms with Crippen molar-refractivity contribution in [1.82, 2.24) is 4.90 Å². The average Bonchev–Trinajstić information content (AvgIpc) is 2.36. The van der Waals surface area contributed by atoms with E-state index in [1.54, 1.807) is 11.0 Å². The van der Waals surface area contributed by atoms with Crippen molar-refractivity contribution in [1.29, 1.82) is 0 Å². The molecule has 0 aliphatic carbocycles. The first kappa shape index (κ1) is 16.0. The van der Waals surface area contributed by atoms with Crippen molar-refractivity contribution in [2.45, 2.75) is 39.2 Å². The number of carboxylic acid groups (broad SMARTS) is 1. The molecule has 0 fully saturated rings. The molecule has 0 aromatic heterocycles. The minimum absolute atomic E-state index is 0.00249. The Hall–Kier alpha value is -2.04. The van der Waals surface area contributed by atoms with E-state index in [4.69, 9.17) is 10.8 Å². The molecule has 0 radical (unpaired) electrons.